The fraction of sp³-hybridized carbons (Fsp3) is 0.333. The number of para-hydroxylation sites is 1. The van der Waals surface area contributed by atoms with Crippen LogP contribution in [0.15, 0.2) is 54.7 Å². The molecule has 3 aromatic heterocycles. The van der Waals surface area contributed by atoms with E-state index in [1.807, 2.05) is 54.3 Å². The maximum Gasteiger partial charge on any atom is 0.273 e. The number of nitrogens with zero attached hydrogens (tertiary/aromatic N) is 6. The Bertz CT molecular complexity index is 1610. The summed E-state index contributed by atoms with van der Waals surface area (Å²) < 4.78 is 7.76. The molecule has 2 fully saturated rings. The third-order valence-corrected chi connectivity index (χ3v) is 7.59. The van der Waals surface area contributed by atoms with E-state index in [0.29, 0.717) is 23.0 Å². The third kappa shape index (κ3) is 5.66. The maximum absolute atomic E-state index is 12.6. The molecule has 0 spiro atoms. The number of aryl methyl sites for hydroxylation is 1. The van der Waals surface area contributed by atoms with Gasteiger partial charge in [0.25, 0.3) is 5.91 Å². The minimum Gasteiger partial charge on any atom is -0.494 e. The number of carbonyl (C=O) groups excluding carboxylic acids is 2. The van der Waals surface area contributed by atoms with Gasteiger partial charge < -0.3 is 20.7 Å². The van der Waals surface area contributed by atoms with Crippen molar-refractivity contribution >= 4 is 29.0 Å². The molecular weight excluding hydrogens is 534 g/mol. The Kier molecular flexibility index (Phi) is 7.53. The number of anilines is 3. The zero-order chi connectivity index (χ0) is 29.2. The Morgan fingerprint density at radius 3 is 2.60 bits per heavy atom. The van der Waals surface area contributed by atoms with Crippen LogP contribution in [0.2, 0.25) is 0 Å². The molecular formula is C30H33N9O3. The van der Waals surface area contributed by atoms with Crippen molar-refractivity contribution in [2.75, 3.05) is 37.9 Å². The number of nitrogens with one attached hydrogen (secondary N) is 3. The van der Waals surface area contributed by atoms with Gasteiger partial charge in [-0.25, -0.2) is 0 Å². The van der Waals surface area contributed by atoms with Crippen LogP contribution in [0.1, 0.15) is 40.6 Å². The second kappa shape index (κ2) is 11.6. The van der Waals surface area contributed by atoms with Crippen LogP contribution >= 0.6 is 0 Å². The van der Waals surface area contributed by atoms with Crippen molar-refractivity contribution in [3.63, 3.8) is 0 Å². The van der Waals surface area contributed by atoms with Crippen LogP contribution in [0.3, 0.4) is 0 Å². The Morgan fingerprint density at radius 2 is 1.88 bits per heavy atom. The monoisotopic (exact) mass is 567 g/mol. The quantitative estimate of drug-likeness (QED) is 0.263. The molecule has 4 heterocycles. The highest BCUT2D eigenvalue weighted by atomic mass is 16.5. The molecule has 1 saturated carbocycles. The molecule has 0 atom stereocenters. The molecule has 2 amide bonds. The molecule has 0 bridgehead atoms. The molecule has 6 rings (SSSR count). The highest BCUT2D eigenvalue weighted by Gasteiger charge is 2.32. The van der Waals surface area contributed by atoms with Crippen LogP contribution in [0.5, 0.6) is 5.75 Å². The first-order valence-corrected chi connectivity index (χ1v) is 13.9. The summed E-state index contributed by atoms with van der Waals surface area (Å²) in [6.07, 6.45) is 3.56. The van der Waals surface area contributed by atoms with Crippen LogP contribution in [0, 0.1) is 5.92 Å². The molecule has 12 nitrogen and oxygen atoms in total. The minimum atomic E-state index is -0.408. The van der Waals surface area contributed by atoms with Gasteiger partial charge in [0.05, 0.1) is 35.6 Å². The van der Waals surface area contributed by atoms with Gasteiger partial charge in [-0.2, -0.15) is 5.10 Å². The lowest BCUT2D eigenvalue weighted by Gasteiger charge is -2.38. The van der Waals surface area contributed by atoms with Gasteiger partial charge in [-0.05, 0) is 43.2 Å². The summed E-state index contributed by atoms with van der Waals surface area (Å²) in [6.45, 7) is 2.66. The summed E-state index contributed by atoms with van der Waals surface area (Å²) >= 11 is 0. The second-order valence-electron chi connectivity index (χ2n) is 10.6. The molecule has 42 heavy (non-hydrogen) atoms. The van der Waals surface area contributed by atoms with Gasteiger partial charge in [0.15, 0.2) is 17.3 Å². The molecule has 3 N–H and O–H groups in total. The van der Waals surface area contributed by atoms with Gasteiger partial charge in [0, 0.05) is 63.4 Å². The number of amides is 2. The van der Waals surface area contributed by atoms with Crippen molar-refractivity contribution in [2.24, 2.45) is 13.0 Å². The average Bonchev–Trinajstić information content (AvgIpc) is 3.77. The molecule has 216 valence electrons. The first kappa shape index (κ1) is 27.3. The molecule has 1 saturated heterocycles. The van der Waals surface area contributed by atoms with Gasteiger partial charge in [0.1, 0.15) is 0 Å². The first-order chi connectivity index (χ1) is 20.4. The average molecular weight is 568 g/mol. The Balaban J connectivity index is 1.24. The summed E-state index contributed by atoms with van der Waals surface area (Å²) in [5.74, 6) is 0.691. The Hall–Kier alpha value is -4.84. The van der Waals surface area contributed by atoms with E-state index in [4.69, 9.17) is 9.84 Å². The topological polar surface area (TPSA) is 139 Å². The van der Waals surface area contributed by atoms with Gasteiger partial charge >= 0.3 is 0 Å². The Labute approximate surface area is 243 Å². The summed E-state index contributed by atoms with van der Waals surface area (Å²) in [4.78, 5) is 31.7. The van der Waals surface area contributed by atoms with E-state index >= 15 is 0 Å². The maximum atomic E-state index is 12.6. The lowest BCUT2D eigenvalue weighted by Crippen LogP contribution is -2.44. The fourth-order valence-corrected chi connectivity index (χ4v) is 5.16. The van der Waals surface area contributed by atoms with E-state index in [2.05, 4.69) is 42.1 Å². The second-order valence-corrected chi connectivity index (χ2v) is 10.6. The van der Waals surface area contributed by atoms with Gasteiger partial charge in [-0.3, -0.25) is 24.2 Å². The van der Waals surface area contributed by atoms with E-state index in [9.17, 15) is 9.59 Å². The first-order valence-electron chi connectivity index (χ1n) is 13.9. The minimum absolute atomic E-state index is 0.00580. The number of pyridine rings is 1. The van der Waals surface area contributed by atoms with Gasteiger partial charge in [0.2, 0.25) is 5.91 Å². The standard InChI is InChI=1S/C30H33N9O3/c1-31-30(41)27-24(14-26(35-36-27)34-29(40)18-10-11-18)33-22-9-6-8-21(28(22)42-3)25-13-23(37-38(25)2)19-15-39(16-19)17-20-7-4-5-12-32-20/h4-9,12-14,18-19H,10-11,15-17H2,1-3H3,(H,31,41)(H2,33,34,35,40). The van der Waals surface area contributed by atoms with E-state index in [0.717, 1.165) is 55.1 Å². The van der Waals surface area contributed by atoms with Crippen LogP contribution < -0.4 is 20.7 Å². The largest absolute Gasteiger partial charge is 0.494 e. The summed E-state index contributed by atoms with van der Waals surface area (Å²) in [5.41, 5.74) is 4.95. The number of likely N-dealkylation sites (tertiary alicyclic amines) is 1. The number of hydrogen-bond acceptors (Lipinski definition) is 9. The molecule has 4 aromatic rings. The molecule has 0 unspecified atom stereocenters. The normalized spacial score (nSPS) is 15.1. The van der Waals surface area contributed by atoms with Gasteiger partial charge in [-0.1, -0.05) is 12.1 Å². The van der Waals surface area contributed by atoms with E-state index in [1.165, 1.54) is 7.05 Å². The number of hydrogen-bond donors (Lipinski definition) is 3. The summed E-state index contributed by atoms with van der Waals surface area (Å²) in [7, 11) is 5.06. The fourth-order valence-electron chi connectivity index (χ4n) is 5.16. The van der Waals surface area contributed by atoms with Crippen LogP contribution in [-0.2, 0) is 18.4 Å². The zero-order valence-electron chi connectivity index (χ0n) is 23.8. The number of ether oxygens (including phenoxy) is 1. The van der Waals surface area contributed by atoms with E-state index < -0.39 is 5.91 Å². The predicted octanol–water partition coefficient (Wildman–Crippen LogP) is 3.33. The van der Waals surface area contributed by atoms with Crippen LogP contribution in [0.4, 0.5) is 17.2 Å². The smallest absolute Gasteiger partial charge is 0.273 e. The van der Waals surface area contributed by atoms with Crippen molar-refractivity contribution < 1.29 is 14.3 Å². The molecule has 1 aliphatic carbocycles. The number of benzene rings is 1. The third-order valence-electron chi connectivity index (χ3n) is 7.59. The molecule has 1 aliphatic heterocycles. The number of aromatic nitrogens is 5. The van der Waals surface area contributed by atoms with Crippen LogP contribution in [0.25, 0.3) is 11.3 Å². The van der Waals surface area contributed by atoms with Crippen molar-refractivity contribution in [1.29, 1.82) is 0 Å². The highest BCUT2D eigenvalue weighted by Crippen LogP contribution is 2.40. The van der Waals surface area contributed by atoms with Crippen molar-refractivity contribution in [1.82, 2.24) is 35.2 Å². The van der Waals surface area contributed by atoms with Crippen molar-refractivity contribution in [2.45, 2.75) is 25.3 Å². The highest BCUT2D eigenvalue weighted by molar-refractivity contribution is 6.00. The lowest BCUT2D eigenvalue weighted by molar-refractivity contribution is -0.117. The molecule has 0 radical (unpaired) electrons. The van der Waals surface area contributed by atoms with Crippen LogP contribution in [-0.4, -0.2) is 68.9 Å². The number of methoxy groups -OCH3 is 1. The van der Waals surface area contributed by atoms with Crippen molar-refractivity contribution in [3.8, 4) is 17.0 Å². The lowest BCUT2D eigenvalue weighted by atomic mass is 9.95. The Morgan fingerprint density at radius 1 is 1.05 bits per heavy atom. The van der Waals surface area contributed by atoms with Crippen molar-refractivity contribution in [3.05, 3.63) is 71.8 Å². The van der Waals surface area contributed by atoms with E-state index in [1.54, 1.807) is 13.2 Å². The number of carbonyl (C=O) groups is 2. The van der Waals surface area contributed by atoms with E-state index in [-0.39, 0.29) is 23.3 Å². The predicted molar refractivity (Wildman–Crippen MR) is 158 cm³/mol. The molecule has 2 aliphatic rings. The summed E-state index contributed by atoms with van der Waals surface area (Å²) in [5, 5.41) is 21.7. The molecule has 12 heteroatoms. The van der Waals surface area contributed by atoms with Gasteiger partial charge in [-0.15, -0.1) is 10.2 Å². The summed E-state index contributed by atoms with van der Waals surface area (Å²) in [6, 6.07) is 15.5. The SMILES string of the molecule is CNC(=O)c1nnc(NC(=O)C2CC2)cc1Nc1cccc(-c2cc(C3CN(Cc4ccccn4)C3)nn2C)c1OC. The zero-order valence-corrected chi connectivity index (χ0v) is 23.8. The molecule has 1 aromatic carbocycles. The number of rotatable bonds is 10.